The number of fused-ring (bicyclic) bond motifs is 1. The second-order valence-electron chi connectivity index (χ2n) is 9.16. The Morgan fingerprint density at radius 3 is 2.64 bits per heavy atom. The second-order valence-corrected chi connectivity index (χ2v) is 10.3. The number of carbonyl (C=O) groups is 1. The standard InChI is InChI=1S/C24H28ClN5O2S/c25-18-7-8-19-17(22(18)27-21(31)14-15-4-2-1-3-5-15)6-9-20(26-19)30-12-10-16(11-13-30)23-28-24(32)33-29-23/h6-9,15-16H,1-5,10-14H2,(H,27,31)(H,28,29,32). The molecule has 2 aliphatic rings. The van der Waals surface area contributed by atoms with E-state index < -0.39 is 0 Å². The summed E-state index contributed by atoms with van der Waals surface area (Å²) in [7, 11) is 0. The Bertz CT molecular complexity index is 1200. The van der Waals surface area contributed by atoms with Crippen LogP contribution in [-0.2, 0) is 4.79 Å². The van der Waals surface area contributed by atoms with Crippen LogP contribution in [0.15, 0.2) is 29.1 Å². The third kappa shape index (κ3) is 5.06. The van der Waals surface area contributed by atoms with Crippen LogP contribution in [0.2, 0.25) is 5.02 Å². The zero-order valence-corrected chi connectivity index (χ0v) is 20.1. The van der Waals surface area contributed by atoms with Gasteiger partial charge in [0.2, 0.25) is 5.91 Å². The van der Waals surface area contributed by atoms with Crippen LogP contribution in [0.25, 0.3) is 10.9 Å². The van der Waals surface area contributed by atoms with Crippen molar-refractivity contribution in [3.05, 3.63) is 44.8 Å². The molecule has 1 saturated heterocycles. The van der Waals surface area contributed by atoms with Gasteiger partial charge < -0.3 is 10.2 Å². The number of rotatable bonds is 5. The molecule has 2 aromatic heterocycles. The predicted octanol–water partition coefficient (Wildman–Crippen LogP) is 5.33. The number of benzene rings is 1. The number of hydrogen-bond donors (Lipinski definition) is 2. The monoisotopic (exact) mass is 485 g/mol. The third-order valence-corrected chi connectivity index (χ3v) is 7.80. The molecule has 1 aliphatic heterocycles. The highest BCUT2D eigenvalue weighted by Crippen LogP contribution is 2.34. The average Bonchev–Trinajstić information content (AvgIpc) is 3.27. The van der Waals surface area contributed by atoms with Gasteiger partial charge in [0.25, 0.3) is 0 Å². The minimum absolute atomic E-state index is 0.0301. The van der Waals surface area contributed by atoms with Crippen LogP contribution < -0.4 is 15.1 Å². The summed E-state index contributed by atoms with van der Waals surface area (Å²) >= 11 is 7.46. The summed E-state index contributed by atoms with van der Waals surface area (Å²) in [5, 5.41) is 4.46. The van der Waals surface area contributed by atoms with Gasteiger partial charge in [-0.05, 0) is 55.9 Å². The van der Waals surface area contributed by atoms with Crippen molar-refractivity contribution in [3.8, 4) is 0 Å². The summed E-state index contributed by atoms with van der Waals surface area (Å²) in [6.45, 7) is 1.70. The Balaban J connectivity index is 1.29. The summed E-state index contributed by atoms with van der Waals surface area (Å²) in [5.74, 6) is 2.50. The van der Waals surface area contributed by atoms with E-state index in [9.17, 15) is 9.59 Å². The number of amides is 1. The Kier molecular flexibility index (Phi) is 6.64. The molecule has 1 aliphatic carbocycles. The lowest BCUT2D eigenvalue weighted by molar-refractivity contribution is -0.117. The zero-order valence-electron chi connectivity index (χ0n) is 18.5. The van der Waals surface area contributed by atoms with E-state index in [1.807, 2.05) is 24.3 Å². The van der Waals surface area contributed by atoms with Crippen LogP contribution in [0.5, 0.6) is 0 Å². The van der Waals surface area contributed by atoms with E-state index >= 15 is 0 Å². The zero-order chi connectivity index (χ0) is 22.8. The fourth-order valence-electron chi connectivity index (χ4n) is 5.11. The van der Waals surface area contributed by atoms with Gasteiger partial charge in [0.15, 0.2) is 0 Å². The molecule has 2 fully saturated rings. The first-order chi connectivity index (χ1) is 16.1. The van der Waals surface area contributed by atoms with Crippen molar-refractivity contribution in [1.82, 2.24) is 14.3 Å². The minimum atomic E-state index is -0.0936. The Hall–Kier alpha value is -2.45. The first-order valence-electron chi connectivity index (χ1n) is 11.8. The lowest BCUT2D eigenvalue weighted by Gasteiger charge is -2.32. The highest BCUT2D eigenvalue weighted by molar-refractivity contribution is 7.02. The molecule has 5 rings (SSSR count). The number of halogens is 1. The number of piperidine rings is 1. The van der Waals surface area contributed by atoms with E-state index in [-0.39, 0.29) is 16.7 Å². The van der Waals surface area contributed by atoms with Gasteiger partial charge in [0.05, 0.1) is 16.2 Å². The van der Waals surface area contributed by atoms with E-state index in [2.05, 4.69) is 19.6 Å². The molecule has 0 unspecified atom stereocenters. The number of nitrogens with one attached hydrogen (secondary N) is 2. The van der Waals surface area contributed by atoms with Crippen molar-refractivity contribution in [2.45, 2.75) is 57.3 Å². The van der Waals surface area contributed by atoms with Crippen molar-refractivity contribution in [2.24, 2.45) is 5.92 Å². The third-order valence-electron chi connectivity index (χ3n) is 6.93. The first-order valence-corrected chi connectivity index (χ1v) is 12.9. The van der Waals surface area contributed by atoms with Gasteiger partial charge in [-0.15, -0.1) is 0 Å². The summed E-state index contributed by atoms with van der Waals surface area (Å²) in [6.07, 6.45) is 8.39. The van der Waals surface area contributed by atoms with Crippen LogP contribution in [0.3, 0.4) is 0 Å². The van der Waals surface area contributed by atoms with E-state index in [1.54, 1.807) is 0 Å². The van der Waals surface area contributed by atoms with E-state index in [4.69, 9.17) is 16.6 Å². The maximum Gasteiger partial charge on any atom is 0.323 e. The van der Waals surface area contributed by atoms with Gasteiger partial charge in [0.1, 0.15) is 11.6 Å². The molecule has 33 heavy (non-hydrogen) atoms. The molecule has 7 nitrogen and oxygen atoms in total. The van der Waals surface area contributed by atoms with E-state index in [0.29, 0.717) is 23.0 Å². The Morgan fingerprint density at radius 2 is 1.91 bits per heavy atom. The lowest BCUT2D eigenvalue weighted by atomic mass is 9.87. The second kappa shape index (κ2) is 9.81. The maximum atomic E-state index is 12.7. The Labute approximate surface area is 201 Å². The lowest BCUT2D eigenvalue weighted by Crippen LogP contribution is -2.33. The van der Waals surface area contributed by atoms with Crippen molar-refractivity contribution in [2.75, 3.05) is 23.3 Å². The number of nitrogens with zero attached hydrogens (tertiary/aromatic N) is 3. The summed E-state index contributed by atoms with van der Waals surface area (Å²) in [6, 6.07) is 7.72. The number of aromatic nitrogens is 3. The highest BCUT2D eigenvalue weighted by Gasteiger charge is 2.24. The van der Waals surface area contributed by atoms with Gasteiger partial charge >= 0.3 is 4.87 Å². The molecule has 1 aromatic carbocycles. The molecule has 0 bridgehead atoms. The van der Waals surface area contributed by atoms with Gasteiger partial charge in [0, 0.05) is 42.3 Å². The number of aromatic amines is 1. The van der Waals surface area contributed by atoms with Gasteiger partial charge in [-0.3, -0.25) is 14.6 Å². The van der Waals surface area contributed by atoms with E-state index in [1.165, 1.54) is 19.3 Å². The molecule has 0 radical (unpaired) electrons. The molecule has 1 saturated carbocycles. The summed E-state index contributed by atoms with van der Waals surface area (Å²) < 4.78 is 4.25. The minimum Gasteiger partial charge on any atom is -0.357 e. The van der Waals surface area contributed by atoms with Crippen molar-refractivity contribution >= 4 is 51.4 Å². The number of hydrogen-bond acceptors (Lipinski definition) is 6. The molecule has 174 valence electrons. The van der Waals surface area contributed by atoms with Crippen molar-refractivity contribution in [3.63, 3.8) is 0 Å². The van der Waals surface area contributed by atoms with Gasteiger partial charge in [-0.2, -0.15) is 4.37 Å². The molecule has 0 spiro atoms. The fourth-order valence-corrected chi connectivity index (χ4v) is 5.85. The quantitative estimate of drug-likeness (QED) is 0.510. The molecule has 3 heterocycles. The maximum absolute atomic E-state index is 12.7. The molecule has 3 aromatic rings. The Morgan fingerprint density at radius 1 is 1.12 bits per heavy atom. The number of anilines is 2. The number of carbonyl (C=O) groups excluding carboxylic acids is 1. The molecule has 1 amide bonds. The summed E-state index contributed by atoms with van der Waals surface area (Å²) in [5.41, 5.74) is 1.47. The normalized spacial score (nSPS) is 18.0. The van der Waals surface area contributed by atoms with Crippen molar-refractivity contribution < 1.29 is 4.79 Å². The number of pyridine rings is 1. The molecular formula is C24H28ClN5O2S. The van der Waals surface area contributed by atoms with Gasteiger partial charge in [-0.25, -0.2) is 4.98 Å². The summed E-state index contributed by atoms with van der Waals surface area (Å²) in [4.78, 5) is 34.0. The smallest absolute Gasteiger partial charge is 0.323 e. The van der Waals surface area contributed by atoms with E-state index in [0.717, 1.165) is 72.9 Å². The molecular weight excluding hydrogens is 458 g/mol. The van der Waals surface area contributed by atoms with Gasteiger partial charge in [-0.1, -0.05) is 30.9 Å². The van der Waals surface area contributed by atoms with Crippen LogP contribution in [0, 0.1) is 5.92 Å². The fraction of sp³-hybridized carbons (Fsp3) is 0.500. The van der Waals surface area contributed by atoms with Crippen LogP contribution >= 0.6 is 23.1 Å². The van der Waals surface area contributed by atoms with Crippen LogP contribution in [-0.4, -0.2) is 33.3 Å². The number of H-pyrrole nitrogens is 1. The molecule has 0 atom stereocenters. The predicted molar refractivity (Wildman–Crippen MR) is 133 cm³/mol. The topological polar surface area (TPSA) is 91.0 Å². The first kappa shape index (κ1) is 22.3. The molecule has 9 heteroatoms. The average molecular weight is 486 g/mol. The van der Waals surface area contributed by atoms with Crippen molar-refractivity contribution in [1.29, 1.82) is 0 Å². The molecule has 2 N–H and O–H groups in total. The SMILES string of the molecule is O=C(CC1CCCCC1)Nc1c(Cl)ccc2nc(N3CCC(c4nsc(=O)[nH]4)CC3)ccc12. The largest absolute Gasteiger partial charge is 0.357 e. The van der Waals surface area contributed by atoms with Crippen LogP contribution in [0.4, 0.5) is 11.5 Å². The highest BCUT2D eigenvalue weighted by atomic mass is 35.5. The van der Waals surface area contributed by atoms with Crippen LogP contribution in [0.1, 0.15) is 63.1 Å².